The lowest BCUT2D eigenvalue weighted by Gasteiger charge is -2.62. The van der Waals surface area contributed by atoms with Gasteiger partial charge in [-0.15, -0.1) is 0 Å². The van der Waals surface area contributed by atoms with Crippen LogP contribution in [0, 0.1) is 52.3 Å². The number of rotatable bonds is 9. The summed E-state index contributed by atoms with van der Waals surface area (Å²) in [6.07, 6.45) is 6.95. The predicted octanol–water partition coefficient (Wildman–Crippen LogP) is 10.0. The Balaban J connectivity index is 1.37. The first-order valence-corrected chi connectivity index (χ1v) is 16.7. The van der Waals surface area contributed by atoms with Gasteiger partial charge in [-0.05, 0) is 122 Å². The van der Waals surface area contributed by atoms with Crippen molar-refractivity contribution in [2.45, 2.75) is 130 Å². The smallest absolute Gasteiger partial charge is 0.399 e. The molecular formula is C35H54F4N2O. The molecule has 0 amide bonds. The van der Waals surface area contributed by atoms with Crippen LogP contribution in [0.25, 0.3) is 0 Å². The molecule has 1 aromatic carbocycles. The minimum atomic E-state index is -4.68. The van der Waals surface area contributed by atoms with E-state index in [9.17, 15) is 0 Å². The van der Waals surface area contributed by atoms with Crippen molar-refractivity contribution in [1.82, 2.24) is 0 Å². The zero-order valence-electron chi connectivity index (χ0n) is 26.4. The minimum absolute atomic E-state index is 0.0744. The van der Waals surface area contributed by atoms with Gasteiger partial charge in [0, 0.05) is 16.9 Å². The molecule has 42 heavy (non-hydrogen) atoms. The molecule has 4 aliphatic carbocycles. The second kappa shape index (κ2) is 11.5. The normalized spacial score (nSPS) is 37.7. The van der Waals surface area contributed by atoms with E-state index in [0.717, 1.165) is 56.6 Å². The molecule has 238 valence electrons. The van der Waals surface area contributed by atoms with E-state index in [-0.39, 0.29) is 28.6 Å². The molecule has 4 aliphatic rings. The van der Waals surface area contributed by atoms with Crippen LogP contribution in [0.1, 0.15) is 117 Å². The molecule has 0 bridgehead atoms. The molecule has 0 aromatic heterocycles. The van der Waals surface area contributed by atoms with Crippen molar-refractivity contribution in [3.8, 4) is 0 Å². The van der Waals surface area contributed by atoms with Crippen LogP contribution in [0.3, 0.4) is 0 Å². The number of nitrogen functional groups attached to an aromatic ring is 2. The molecular weight excluding hydrogens is 540 g/mol. The lowest BCUT2D eigenvalue weighted by atomic mass is 9.44. The van der Waals surface area contributed by atoms with Gasteiger partial charge >= 0.3 is 12.0 Å². The zero-order chi connectivity index (χ0) is 30.7. The molecule has 0 saturated heterocycles. The van der Waals surface area contributed by atoms with Crippen molar-refractivity contribution in [3.05, 3.63) is 23.8 Å². The highest BCUT2D eigenvalue weighted by Crippen LogP contribution is 2.69. The molecule has 0 radical (unpaired) electrons. The van der Waals surface area contributed by atoms with Crippen LogP contribution in [0.2, 0.25) is 0 Å². The van der Waals surface area contributed by atoms with Gasteiger partial charge in [0.1, 0.15) is 0 Å². The lowest BCUT2D eigenvalue weighted by molar-refractivity contribution is -0.387. The molecule has 5 rings (SSSR count). The van der Waals surface area contributed by atoms with Crippen molar-refractivity contribution < 1.29 is 22.3 Å². The Labute approximate surface area is 250 Å². The number of anilines is 2. The van der Waals surface area contributed by atoms with E-state index in [1.165, 1.54) is 38.2 Å². The molecule has 0 aliphatic heterocycles. The number of hydrogen-bond donors (Lipinski definition) is 2. The van der Waals surface area contributed by atoms with Gasteiger partial charge in [-0.1, -0.05) is 60.3 Å². The first-order chi connectivity index (χ1) is 19.6. The van der Waals surface area contributed by atoms with Gasteiger partial charge in [0.05, 0.1) is 6.10 Å². The second-order valence-corrected chi connectivity index (χ2v) is 15.6. The molecule has 9 atom stereocenters. The Morgan fingerprint density at radius 3 is 2.21 bits per heavy atom. The predicted molar refractivity (Wildman–Crippen MR) is 162 cm³/mol. The Morgan fingerprint density at radius 1 is 0.857 bits per heavy atom. The van der Waals surface area contributed by atoms with Crippen molar-refractivity contribution in [2.24, 2.45) is 52.3 Å². The Morgan fingerprint density at radius 2 is 1.55 bits per heavy atom. The summed E-state index contributed by atoms with van der Waals surface area (Å²) in [4.78, 5) is 0. The number of alkyl halides is 4. The van der Waals surface area contributed by atoms with E-state index in [2.05, 4.69) is 34.6 Å². The van der Waals surface area contributed by atoms with E-state index in [4.69, 9.17) is 16.2 Å². The summed E-state index contributed by atoms with van der Waals surface area (Å²) >= 11 is 0. The first kappa shape index (κ1) is 31.9. The summed E-state index contributed by atoms with van der Waals surface area (Å²) < 4.78 is 67.4. The van der Waals surface area contributed by atoms with E-state index >= 15 is 17.6 Å². The second-order valence-electron chi connectivity index (χ2n) is 15.6. The fraction of sp³-hybridized carbons (Fsp3) is 0.829. The highest BCUT2D eigenvalue weighted by molar-refractivity contribution is 5.55. The van der Waals surface area contributed by atoms with Crippen LogP contribution in [0.15, 0.2) is 18.2 Å². The molecule has 4 N–H and O–H groups in total. The fourth-order valence-electron chi connectivity index (χ4n) is 10.8. The van der Waals surface area contributed by atoms with E-state index < -0.39 is 29.1 Å². The number of fused-ring (bicyclic) bond motifs is 5. The molecule has 7 heteroatoms. The highest BCUT2D eigenvalue weighted by atomic mass is 19.3. The Kier molecular flexibility index (Phi) is 8.70. The highest BCUT2D eigenvalue weighted by Gasteiger charge is 2.66. The van der Waals surface area contributed by atoms with Crippen LogP contribution < -0.4 is 11.5 Å². The summed E-state index contributed by atoms with van der Waals surface area (Å²) in [5.41, 5.74) is 10.0. The third kappa shape index (κ3) is 5.36. The van der Waals surface area contributed by atoms with Gasteiger partial charge in [-0.2, -0.15) is 17.6 Å². The first-order valence-electron chi connectivity index (χ1n) is 16.7. The topological polar surface area (TPSA) is 61.3 Å². The Hall–Kier alpha value is -1.50. The maximum atomic E-state index is 15.6. The lowest BCUT2D eigenvalue weighted by Crippen LogP contribution is -2.60. The number of ether oxygens (including phenoxy) is 1. The summed E-state index contributed by atoms with van der Waals surface area (Å²) in [6.45, 7) is 11.7. The fourth-order valence-corrected chi connectivity index (χ4v) is 10.8. The SMILES string of the molecule is CC(C)CCC[C@@H](C)[C@H]1CC[C@H]2[C@@H]3CCC4CCCC(OC(F)(F)C(F)(F)c5cc(N)cc(N)c5)[C@]4(C)[C@H]3CC[C@]12C. The van der Waals surface area contributed by atoms with Crippen molar-refractivity contribution >= 4 is 11.4 Å². The number of nitrogens with two attached hydrogens (primary N) is 2. The van der Waals surface area contributed by atoms with Crippen LogP contribution in [-0.2, 0) is 10.7 Å². The molecule has 3 nitrogen and oxygen atoms in total. The summed E-state index contributed by atoms with van der Waals surface area (Å²) in [5.74, 6) is -0.954. The van der Waals surface area contributed by atoms with E-state index in [1.807, 2.05) is 0 Å². The number of halogens is 4. The van der Waals surface area contributed by atoms with Crippen LogP contribution in [0.4, 0.5) is 28.9 Å². The van der Waals surface area contributed by atoms with E-state index in [0.29, 0.717) is 30.1 Å². The van der Waals surface area contributed by atoms with Crippen molar-refractivity contribution in [3.63, 3.8) is 0 Å². The molecule has 0 spiro atoms. The maximum Gasteiger partial charge on any atom is 0.424 e. The van der Waals surface area contributed by atoms with E-state index in [1.54, 1.807) is 0 Å². The number of hydrogen-bond acceptors (Lipinski definition) is 3. The van der Waals surface area contributed by atoms with Gasteiger partial charge in [0.25, 0.3) is 0 Å². The van der Waals surface area contributed by atoms with Crippen LogP contribution in [-0.4, -0.2) is 12.2 Å². The van der Waals surface area contributed by atoms with Crippen LogP contribution >= 0.6 is 0 Å². The average molecular weight is 595 g/mol. The Bertz CT molecular complexity index is 1090. The number of benzene rings is 1. The third-order valence-electron chi connectivity index (χ3n) is 12.9. The zero-order valence-corrected chi connectivity index (χ0v) is 26.4. The largest absolute Gasteiger partial charge is 0.424 e. The molecule has 4 saturated carbocycles. The van der Waals surface area contributed by atoms with Crippen molar-refractivity contribution in [2.75, 3.05) is 11.5 Å². The van der Waals surface area contributed by atoms with Gasteiger partial charge in [-0.3, -0.25) is 0 Å². The standard InChI is InChI=1S/C35H54F4N2O/c1-21(2)8-6-9-22(3)28-14-15-29-27-13-12-23-10-7-11-31(33(23,5)30(27)16-17-32(28,29)4)42-35(38,39)34(36,37)24-18-25(40)20-26(41)19-24/h18-23,27-31H,6-17,40-41H2,1-5H3/t22-,23?,27+,28-,29+,30+,31?,32-,33+/m1/s1. The summed E-state index contributed by atoms with van der Waals surface area (Å²) in [6, 6.07) is 3.03. The minimum Gasteiger partial charge on any atom is -0.399 e. The van der Waals surface area contributed by atoms with Crippen LogP contribution in [0.5, 0.6) is 0 Å². The van der Waals surface area contributed by atoms with Gasteiger partial charge in [0.2, 0.25) is 0 Å². The maximum absolute atomic E-state index is 15.6. The van der Waals surface area contributed by atoms with Crippen molar-refractivity contribution in [1.29, 1.82) is 0 Å². The van der Waals surface area contributed by atoms with Gasteiger partial charge in [-0.25, -0.2) is 0 Å². The molecule has 0 heterocycles. The molecule has 2 unspecified atom stereocenters. The van der Waals surface area contributed by atoms with Gasteiger partial charge < -0.3 is 16.2 Å². The molecule has 1 aromatic rings. The van der Waals surface area contributed by atoms with Gasteiger partial charge in [0.15, 0.2) is 0 Å². The average Bonchev–Trinajstić information content (AvgIpc) is 3.25. The summed E-state index contributed by atoms with van der Waals surface area (Å²) in [7, 11) is 0. The quantitative estimate of drug-likeness (QED) is 0.221. The monoisotopic (exact) mass is 594 g/mol. The summed E-state index contributed by atoms with van der Waals surface area (Å²) in [5, 5.41) is 0. The third-order valence-corrected chi connectivity index (χ3v) is 12.9. The molecule has 4 fully saturated rings.